The van der Waals surface area contributed by atoms with Crippen LogP contribution >= 0.6 is 0 Å². The molecular weight excluding hydrogens is 354 g/mol. The summed E-state index contributed by atoms with van der Waals surface area (Å²) in [5.41, 5.74) is 0.296. The van der Waals surface area contributed by atoms with Crippen molar-refractivity contribution >= 4 is 15.9 Å². The Kier molecular flexibility index (Phi) is 6.20. The lowest BCUT2D eigenvalue weighted by Crippen LogP contribution is -2.63. The van der Waals surface area contributed by atoms with Crippen LogP contribution in [0.1, 0.15) is 36.7 Å². The van der Waals surface area contributed by atoms with E-state index in [1.165, 1.54) is 37.9 Å². The first kappa shape index (κ1) is 19.2. The second kappa shape index (κ2) is 8.41. The Labute approximate surface area is 155 Å². The average Bonchev–Trinajstić information content (AvgIpc) is 2.64. The molecule has 0 aliphatic carbocycles. The van der Waals surface area contributed by atoms with Crippen molar-refractivity contribution in [2.75, 3.05) is 45.0 Å². The van der Waals surface area contributed by atoms with E-state index >= 15 is 0 Å². The number of carbonyl (C=O) groups is 1. The Hall–Kier alpha value is -1.58. The Morgan fingerprint density at radius 3 is 2.58 bits per heavy atom. The Balaban J connectivity index is 1.59. The van der Waals surface area contributed by atoms with E-state index in [9.17, 15) is 13.2 Å². The number of piperidine rings is 1. The van der Waals surface area contributed by atoms with Gasteiger partial charge in [0.25, 0.3) is 5.91 Å². The topological polar surface area (TPSA) is 86.7 Å². The van der Waals surface area contributed by atoms with Crippen LogP contribution in [0.4, 0.5) is 0 Å². The highest BCUT2D eigenvalue weighted by atomic mass is 32.2. The predicted molar refractivity (Wildman–Crippen MR) is 98.2 cm³/mol. The number of rotatable bonds is 7. The molecule has 2 aliphatic rings. The Bertz CT molecular complexity index is 700. The summed E-state index contributed by atoms with van der Waals surface area (Å²) in [5.74, 6) is -0.110. The predicted octanol–water partition coefficient (Wildman–Crippen LogP) is 0.439. The molecule has 0 N–H and O–H groups in total. The van der Waals surface area contributed by atoms with Crippen LogP contribution in [-0.2, 0) is 10.0 Å². The highest BCUT2D eigenvalue weighted by Gasteiger charge is 2.40. The molecule has 144 valence electrons. The van der Waals surface area contributed by atoms with Gasteiger partial charge in [-0.2, -0.15) is 4.31 Å². The zero-order valence-electron chi connectivity index (χ0n) is 15.2. The first-order chi connectivity index (χ1) is 12.5. The van der Waals surface area contributed by atoms with Crippen molar-refractivity contribution in [1.82, 2.24) is 24.1 Å². The maximum absolute atomic E-state index is 12.5. The number of sulfonamides is 1. The lowest BCUT2D eigenvalue weighted by molar-refractivity contribution is 0.0430. The van der Waals surface area contributed by atoms with Gasteiger partial charge in [-0.15, -0.1) is 0 Å². The molecule has 3 rings (SSSR count). The molecule has 1 aromatic heterocycles. The smallest absolute Gasteiger partial charge is 0.274 e. The number of aromatic nitrogens is 2. The number of likely N-dealkylation sites (tertiary alicyclic amines) is 2. The van der Waals surface area contributed by atoms with Gasteiger partial charge in [0.2, 0.25) is 10.0 Å². The van der Waals surface area contributed by atoms with Crippen LogP contribution < -0.4 is 0 Å². The molecule has 0 atom stereocenters. The van der Waals surface area contributed by atoms with Crippen LogP contribution in [0.3, 0.4) is 0 Å². The van der Waals surface area contributed by atoms with Gasteiger partial charge < -0.3 is 9.80 Å². The third kappa shape index (κ3) is 4.39. The van der Waals surface area contributed by atoms with E-state index in [1.807, 2.05) is 0 Å². The Morgan fingerprint density at radius 1 is 1.23 bits per heavy atom. The molecule has 1 amide bonds. The van der Waals surface area contributed by atoms with E-state index in [4.69, 9.17) is 0 Å². The van der Waals surface area contributed by atoms with Crippen LogP contribution in [0.2, 0.25) is 0 Å². The van der Waals surface area contributed by atoms with Crippen LogP contribution in [0.15, 0.2) is 18.6 Å². The van der Waals surface area contributed by atoms with Crippen molar-refractivity contribution in [2.24, 2.45) is 0 Å². The minimum Gasteiger partial charge on any atom is -0.334 e. The van der Waals surface area contributed by atoms with E-state index in [0.29, 0.717) is 25.3 Å². The van der Waals surface area contributed by atoms with Crippen molar-refractivity contribution in [2.45, 2.75) is 32.2 Å². The fraction of sp³-hybridized carbons (Fsp3) is 0.706. The largest absolute Gasteiger partial charge is 0.334 e. The summed E-state index contributed by atoms with van der Waals surface area (Å²) in [7, 11) is -3.29. The van der Waals surface area contributed by atoms with Crippen LogP contribution in [0.25, 0.3) is 0 Å². The molecule has 0 aromatic carbocycles. The van der Waals surface area contributed by atoms with Gasteiger partial charge in [0.15, 0.2) is 0 Å². The van der Waals surface area contributed by atoms with E-state index < -0.39 is 10.0 Å². The second-order valence-corrected chi connectivity index (χ2v) is 9.08. The van der Waals surface area contributed by atoms with Crippen LogP contribution in [0.5, 0.6) is 0 Å². The quantitative estimate of drug-likeness (QED) is 0.681. The summed E-state index contributed by atoms with van der Waals surface area (Å²) >= 11 is 0. The molecule has 0 unspecified atom stereocenters. The van der Waals surface area contributed by atoms with E-state index in [1.54, 1.807) is 16.1 Å². The second-order valence-electron chi connectivity index (χ2n) is 6.87. The monoisotopic (exact) mass is 381 g/mol. The number of nitrogens with zero attached hydrogens (tertiary/aromatic N) is 5. The maximum Gasteiger partial charge on any atom is 0.274 e. The third-order valence-electron chi connectivity index (χ3n) is 5.15. The van der Waals surface area contributed by atoms with Crippen molar-refractivity contribution < 1.29 is 13.2 Å². The van der Waals surface area contributed by atoms with E-state index in [0.717, 1.165) is 19.6 Å². The minimum atomic E-state index is -3.29. The van der Waals surface area contributed by atoms with Gasteiger partial charge in [-0.05, 0) is 32.9 Å². The van der Waals surface area contributed by atoms with Crippen LogP contribution in [-0.4, -0.2) is 89.5 Å². The van der Waals surface area contributed by atoms with E-state index in [-0.39, 0.29) is 17.7 Å². The van der Waals surface area contributed by atoms with Crippen molar-refractivity contribution in [3.05, 3.63) is 24.3 Å². The van der Waals surface area contributed by atoms with Gasteiger partial charge in [-0.25, -0.2) is 13.4 Å². The molecule has 0 radical (unpaired) electrons. The molecule has 0 bridgehead atoms. The lowest BCUT2D eigenvalue weighted by atomic mass is 10.1. The summed E-state index contributed by atoms with van der Waals surface area (Å²) in [6, 6.07) is -0.148. The lowest BCUT2D eigenvalue weighted by Gasteiger charge is -2.44. The minimum absolute atomic E-state index is 0.0849. The van der Waals surface area contributed by atoms with Gasteiger partial charge in [0, 0.05) is 38.6 Å². The van der Waals surface area contributed by atoms with Crippen molar-refractivity contribution in [3.63, 3.8) is 0 Å². The Morgan fingerprint density at radius 2 is 1.96 bits per heavy atom. The fourth-order valence-electron chi connectivity index (χ4n) is 3.51. The van der Waals surface area contributed by atoms with E-state index in [2.05, 4.69) is 14.9 Å². The molecule has 2 aliphatic heterocycles. The number of amides is 1. The molecule has 0 saturated carbocycles. The summed E-state index contributed by atoms with van der Waals surface area (Å²) in [5, 5.41) is 0. The fourth-order valence-corrected chi connectivity index (χ4v) is 4.79. The normalized spacial score (nSPS) is 19.5. The first-order valence-corrected chi connectivity index (χ1v) is 10.9. The summed E-state index contributed by atoms with van der Waals surface area (Å²) in [6.07, 6.45) is 8.07. The average molecular weight is 382 g/mol. The molecule has 2 saturated heterocycles. The summed E-state index contributed by atoms with van der Waals surface area (Å²) in [6.45, 7) is 5.83. The first-order valence-electron chi connectivity index (χ1n) is 9.28. The molecule has 1 aromatic rings. The molecule has 26 heavy (non-hydrogen) atoms. The van der Waals surface area contributed by atoms with Gasteiger partial charge >= 0.3 is 0 Å². The highest BCUT2D eigenvalue weighted by Crippen LogP contribution is 2.21. The number of hydrogen-bond donors (Lipinski definition) is 0. The van der Waals surface area contributed by atoms with Gasteiger partial charge in [0.05, 0.1) is 18.0 Å². The van der Waals surface area contributed by atoms with Gasteiger partial charge in [0.1, 0.15) is 5.69 Å². The molecular formula is C17H27N5O3S. The zero-order chi connectivity index (χ0) is 18.6. The molecule has 9 heteroatoms. The highest BCUT2D eigenvalue weighted by molar-refractivity contribution is 7.89. The van der Waals surface area contributed by atoms with Gasteiger partial charge in [-0.3, -0.25) is 9.78 Å². The number of carbonyl (C=O) groups excluding carboxylic acids is 1. The summed E-state index contributed by atoms with van der Waals surface area (Å²) < 4.78 is 26.7. The SMILES string of the molecule is CCS(=O)(=O)N(CCN1CCCCC1)C1CN(C(=O)c2cnccn2)C1. The summed E-state index contributed by atoms with van der Waals surface area (Å²) in [4.78, 5) is 24.3. The molecule has 8 nitrogen and oxygen atoms in total. The standard InChI is InChI=1S/C17H27N5O3S/c1-2-26(24,25)22(11-10-20-8-4-3-5-9-20)15-13-21(14-15)17(23)16-12-18-6-7-19-16/h6-7,12,15H,2-5,8-11,13-14H2,1H3. The van der Waals surface area contributed by atoms with Crippen LogP contribution in [0, 0.1) is 0 Å². The zero-order valence-corrected chi connectivity index (χ0v) is 16.1. The maximum atomic E-state index is 12.5. The van der Waals surface area contributed by atoms with Gasteiger partial charge in [-0.1, -0.05) is 6.42 Å². The van der Waals surface area contributed by atoms with Crippen molar-refractivity contribution in [3.8, 4) is 0 Å². The molecule has 3 heterocycles. The molecule has 0 spiro atoms. The number of hydrogen-bond acceptors (Lipinski definition) is 6. The van der Waals surface area contributed by atoms with Crippen molar-refractivity contribution in [1.29, 1.82) is 0 Å². The third-order valence-corrected chi connectivity index (χ3v) is 7.07. The molecule has 2 fully saturated rings.